The molecule has 5 nitrogen and oxygen atoms in total. The highest BCUT2D eigenvalue weighted by molar-refractivity contribution is 6.30. The van der Waals surface area contributed by atoms with Gasteiger partial charge in [-0.1, -0.05) is 11.6 Å². The molecule has 2 aromatic carbocycles. The largest absolute Gasteiger partial charge is 0.397 e. The average molecular weight is 282 g/mol. The second-order valence-corrected chi connectivity index (χ2v) is 4.21. The van der Waals surface area contributed by atoms with Crippen molar-refractivity contribution in [2.24, 2.45) is 0 Å². The monoisotopic (exact) mass is 281 g/mol. The van der Waals surface area contributed by atoms with Gasteiger partial charge >= 0.3 is 0 Å². The summed E-state index contributed by atoms with van der Waals surface area (Å²) in [6, 6.07) is 8.04. The molecular weight excluding hydrogens is 273 g/mol. The summed E-state index contributed by atoms with van der Waals surface area (Å²) in [5, 5.41) is 13.6. The van der Waals surface area contributed by atoms with Crippen LogP contribution in [0.25, 0.3) is 0 Å². The van der Waals surface area contributed by atoms with E-state index in [1.807, 2.05) is 0 Å². The first-order valence-electron chi connectivity index (χ1n) is 5.23. The normalized spacial score (nSPS) is 10.2. The van der Waals surface area contributed by atoms with Crippen LogP contribution < -0.4 is 11.1 Å². The summed E-state index contributed by atoms with van der Waals surface area (Å²) in [6.45, 7) is 0. The molecule has 0 fully saturated rings. The van der Waals surface area contributed by atoms with Crippen molar-refractivity contribution < 1.29 is 9.31 Å². The topological polar surface area (TPSA) is 81.2 Å². The minimum absolute atomic E-state index is 0.125. The predicted molar refractivity (Wildman–Crippen MR) is 72.2 cm³/mol. The molecule has 98 valence electrons. The number of rotatable bonds is 3. The van der Waals surface area contributed by atoms with Gasteiger partial charge in [-0.05, 0) is 24.3 Å². The van der Waals surface area contributed by atoms with Crippen molar-refractivity contribution in [2.75, 3.05) is 11.1 Å². The lowest BCUT2D eigenvalue weighted by Gasteiger charge is -2.10. The molecule has 0 heterocycles. The molecule has 0 aliphatic rings. The Morgan fingerprint density at radius 1 is 1.21 bits per heavy atom. The van der Waals surface area contributed by atoms with Gasteiger partial charge in [0.1, 0.15) is 5.82 Å². The van der Waals surface area contributed by atoms with Crippen LogP contribution in [0.15, 0.2) is 36.4 Å². The number of hydrogen-bond donors (Lipinski definition) is 2. The molecule has 0 aliphatic heterocycles. The van der Waals surface area contributed by atoms with E-state index in [1.54, 1.807) is 0 Å². The smallest absolute Gasteiger partial charge is 0.271 e. The van der Waals surface area contributed by atoms with Gasteiger partial charge < -0.3 is 11.1 Å². The van der Waals surface area contributed by atoms with Crippen molar-refractivity contribution in [1.82, 2.24) is 0 Å². The van der Waals surface area contributed by atoms with Gasteiger partial charge in [-0.2, -0.15) is 0 Å². The molecule has 0 aliphatic carbocycles. The summed E-state index contributed by atoms with van der Waals surface area (Å²) in [5.74, 6) is -0.537. The van der Waals surface area contributed by atoms with E-state index in [2.05, 4.69) is 5.32 Å². The zero-order chi connectivity index (χ0) is 14.0. The number of nitrogens with two attached hydrogens (primary N) is 1. The molecule has 0 unspecified atom stereocenters. The van der Waals surface area contributed by atoms with Gasteiger partial charge in [0.15, 0.2) is 0 Å². The fraction of sp³-hybridized carbons (Fsp3) is 0. The zero-order valence-corrected chi connectivity index (χ0v) is 10.3. The summed E-state index contributed by atoms with van der Waals surface area (Å²) >= 11 is 5.64. The highest BCUT2D eigenvalue weighted by Crippen LogP contribution is 2.29. The van der Waals surface area contributed by atoms with Crippen molar-refractivity contribution in [3.8, 4) is 0 Å². The fourth-order valence-corrected chi connectivity index (χ4v) is 1.67. The standard InChI is InChI=1S/C12H9ClFN3O2/c13-7-1-3-11(9(14)5-7)16-12-4-2-8(17(18)19)6-10(12)15/h1-6,16H,15H2. The molecular formula is C12H9ClFN3O2. The van der Waals surface area contributed by atoms with E-state index in [0.717, 1.165) is 6.07 Å². The SMILES string of the molecule is Nc1cc([N+](=O)[O-])ccc1Nc1ccc(Cl)cc1F. The lowest BCUT2D eigenvalue weighted by molar-refractivity contribution is -0.384. The number of nitro groups is 1. The number of nitrogens with one attached hydrogen (secondary N) is 1. The molecule has 2 aromatic rings. The first kappa shape index (κ1) is 13.1. The van der Waals surface area contributed by atoms with Crippen molar-refractivity contribution >= 4 is 34.4 Å². The van der Waals surface area contributed by atoms with Crippen LogP contribution in [-0.4, -0.2) is 4.92 Å². The number of hydrogen-bond acceptors (Lipinski definition) is 4. The Balaban J connectivity index is 2.31. The molecule has 0 radical (unpaired) electrons. The minimum Gasteiger partial charge on any atom is -0.397 e. The van der Waals surface area contributed by atoms with Crippen LogP contribution in [0.2, 0.25) is 5.02 Å². The molecule has 0 bridgehead atoms. The summed E-state index contributed by atoms with van der Waals surface area (Å²) in [4.78, 5) is 10.0. The maximum atomic E-state index is 13.6. The van der Waals surface area contributed by atoms with Gasteiger partial charge in [-0.25, -0.2) is 4.39 Å². The molecule has 0 spiro atoms. The van der Waals surface area contributed by atoms with Gasteiger partial charge in [0.05, 0.1) is 22.0 Å². The Bertz CT molecular complexity index is 649. The molecule has 3 N–H and O–H groups in total. The Morgan fingerprint density at radius 3 is 2.47 bits per heavy atom. The molecule has 0 saturated carbocycles. The van der Waals surface area contributed by atoms with Crippen LogP contribution in [0.1, 0.15) is 0 Å². The highest BCUT2D eigenvalue weighted by Gasteiger charge is 2.10. The number of non-ortho nitro benzene ring substituents is 1. The van der Waals surface area contributed by atoms with Crippen molar-refractivity contribution in [3.05, 3.63) is 57.4 Å². The van der Waals surface area contributed by atoms with E-state index < -0.39 is 10.7 Å². The molecule has 19 heavy (non-hydrogen) atoms. The van der Waals surface area contributed by atoms with E-state index in [1.165, 1.54) is 30.3 Å². The van der Waals surface area contributed by atoms with Crippen LogP contribution in [0, 0.1) is 15.9 Å². The minimum atomic E-state index is -0.553. The van der Waals surface area contributed by atoms with E-state index in [0.29, 0.717) is 5.69 Å². The van der Waals surface area contributed by atoms with Gasteiger partial charge in [-0.15, -0.1) is 0 Å². The van der Waals surface area contributed by atoms with Crippen LogP contribution in [0.5, 0.6) is 0 Å². The maximum Gasteiger partial charge on any atom is 0.271 e. The van der Waals surface area contributed by atoms with Gasteiger partial charge in [0.2, 0.25) is 0 Å². The third kappa shape index (κ3) is 2.92. The van der Waals surface area contributed by atoms with Gasteiger partial charge in [0, 0.05) is 17.2 Å². The quantitative estimate of drug-likeness (QED) is 0.510. The number of benzene rings is 2. The Hall–Kier alpha value is -2.34. The lowest BCUT2D eigenvalue weighted by atomic mass is 10.2. The van der Waals surface area contributed by atoms with Crippen LogP contribution in [0.3, 0.4) is 0 Å². The molecule has 0 amide bonds. The van der Waals surface area contributed by atoms with Gasteiger partial charge in [0.25, 0.3) is 5.69 Å². The van der Waals surface area contributed by atoms with E-state index in [9.17, 15) is 14.5 Å². The molecule has 7 heteroatoms. The van der Waals surface area contributed by atoms with Crippen molar-refractivity contribution in [3.63, 3.8) is 0 Å². The molecule has 2 rings (SSSR count). The average Bonchev–Trinajstić information content (AvgIpc) is 2.34. The fourth-order valence-electron chi connectivity index (χ4n) is 1.51. The molecule has 0 saturated heterocycles. The third-order valence-corrected chi connectivity index (χ3v) is 2.68. The van der Waals surface area contributed by atoms with E-state index >= 15 is 0 Å². The van der Waals surface area contributed by atoms with Gasteiger partial charge in [-0.3, -0.25) is 10.1 Å². The summed E-state index contributed by atoms with van der Waals surface area (Å²) < 4.78 is 13.6. The van der Waals surface area contributed by atoms with Crippen molar-refractivity contribution in [2.45, 2.75) is 0 Å². The Morgan fingerprint density at radius 2 is 1.89 bits per heavy atom. The number of halogens is 2. The van der Waals surface area contributed by atoms with E-state index in [-0.39, 0.29) is 22.1 Å². The van der Waals surface area contributed by atoms with E-state index in [4.69, 9.17) is 17.3 Å². The summed E-state index contributed by atoms with van der Waals surface area (Å²) in [7, 11) is 0. The highest BCUT2D eigenvalue weighted by atomic mass is 35.5. The van der Waals surface area contributed by atoms with Crippen LogP contribution in [0.4, 0.5) is 27.1 Å². The summed E-state index contributed by atoms with van der Waals surface area (Å²) in [6.07, 6.45) is 0. The molecule has 0 atom stereocenters. The predicted octanol–water partition coefficient (Wildman–Crippen LogP) is 3.71. The second-order valence-electron chi connectivity index (χ2n) is 3.78. The first-order valence-corrected chi connectivity index (χ1v) is 5.61. The first-order chi connectivity index (χ1) is 8.97. The number of nitrogen functional groups attached to an aromatic ring is 1. The van der Waals surface area contributed by atoms with Crippen LogP contribution in [-0.2, 0) is 0 Å². The Kier molecular flexibility index (Phi) is 3.52. The third-order valence-electron chi connectivity index (χ3n) is 2.45. The number of nitro benzene ring substituents is 1. The Labute approximate surface area is 113 Å². The second kappa shape index (κ2) is 5.11. The van der Waals surface area contributed by atoms with Crippen LogP contribution >= 0.6 is 11.6 Å². The number of nitrogens with zero attached hydrogens (tertiary/aromatic N) is 1. The zero-order valence-electron chi connectivity index (χ0n) is 9.56. The summed E-state index contributed by atoms with van der Waals surface area (Å²) in [5.41, 5.74) is 6.27. The maximum absolute atomic E-state index is 13.6. The number of anilines is 3. The lowest BCUT2D eigenvalue weighted by Crippen LogP contribution is -1.99. The van der Waals surface area contributed by atoms with Crippen molar-refractivity contribution in [1.29, 1.82) is 0 Å². The molecule has 0 aromatic heterocycles.